The van der Waals surface area contributed by atoms with E-state index in [1.807, 2.05) is 26.0 Å². The molecule has 0 radical (unpaired) electrons. The van der Waals surface area contributed by atoms with Gasteiger partial charge in [0.15, 0.2) is 0 Å². The van der Waals surface area contributed by atoms with Gasteiger partial charge in [0.25, 0.3) is 0 Å². The SMILES string of the molecule is Cc1cc(C)c(C(=Nc2c(C(C)C)cccc2C(C)C)N2CCCN(C(=Nc3c(C)cc(C)cc3Cl)c3cc(F)cc(F)c3)C2)c(C)c1. The summed E-state index contributed by atoms with van der Waals surface area (Å²) >= 11 is 6.74. The minimum absolute atomic E-state index is 0.283. The third-order valence-electron chi connectivity index (χ3n) is 8.99. The largest absolute Gasteiger partial charge is 0.338 e. The van der Waals surface area contributed by atoms with Gasteiger partial charge in [-0.15, -0.1) is 0 Å². The number of para-hydroxylation sites is 1. The van der Waals surface area contributed by atoms with Crippen molar-refractivity contribution in [1.29, 1.82) is 0 Å². The average molecular weight is 669 g/mol. The molecule has 7 heteroatoms. The van der Waals surface area contributed by atoms with Crippen LogP contribution in [-0.4, -0.2) is 41.2 Å². The Hall–Kier alpha value is -4.03. The van der Waals surface area contributed by atoms with E-state index >= 15 is 0 Å². The highest BCUT2D eigenvalue weighted by molar-refractivity contribution is 6.33. The molecule has 1 saturated heterocycles. The topological polar surface area (TPSA) is 31.2 Å². The fourth-order valence-electron chi connectivity index (χ4n) is 6.87. The van der Waals surface area contributed by atoms with Crippen LogP contribution in [0.5, 0.6) is 0 Å². The van der Waals surface area contributed by atoms with Crippen molar-refractivity contribution < 1.29 is 8.78 Å². The monoisotopic (exact) mass is 668 g/mol. The average Bonchev–Trinajstić information content (AvgIpc) is 2.99. The van der Waals surface area contributed by atoms with Gasteiger partial charge in [-0.2, -0.15) is 0 Å². The van der Waals surface area contributed by atoms with Crippen LogP contribution in [0, 0.1) is 46.3 Å². The van der Waals surface area contributed by atoms with Gasteiger partial charge in [0.1, 0.15) is 23.3 Å². The summed E-state index contributed by atoms with van der Waals surface area (Å²) in [5.41, 5.74) is 10.9. The van der Waals surface area contributed by atoms with Crippen LogP contribution in [0.2, 0.25) is 5.02 Å². The van der Waals surface area contributed by atoms with Crippen molar-refractivity contribution in [3.63, 3.8) is 0 Å². The van der Waals surface area contributed by atoms with E-state index in [1.165, 1.54) is 28.8 Å². The molecule has 0 saturated carbocycles. The lowest BCUT2D eigenvalue weighted by Gasteiger charge is -2.40. The highest BCUT2D eigenvalue weighted by Crippen LogP contribution is 2.37. The highest BCUT2D eigenvalue weighted by atomic mass is 35.5. The number of amidine groups is 2. The van der Waals surface area contributed by atoms with E-state index in [0.29, 0.717) is 35.3 Å². The summed E-state index contributed by atoms with van der Waals surface area (Å²) in [4.78, 5) is 15.0. The zero-order valence-electron chi connectivity index (χ0n) is 29.7. The molecule has 1 aliphatic heterocycles. The second kappa shape index (κ2) is 14.6. The van der Waals surface area contributed by atoms with Crippen molar-refractivity contribution in [3.8, 4) is 0 Å². The van der Waals surface area contributed by atoms with Crippen LogP contribution in [-0.2, 0) is 0 Å². The quantitative estimate of drug-likeness (QED) is 0.151. The third-order valence-corrected chi connectivity index (χ3v) is 9.28. The van der Waals surface area contributed by atoms with Crippen molar-refractivity contribution in [2.45, 2.75) is 80.6 Å². The van der Waals surface area contributed by atoms with E-state index in [1.54, 1.807) is 0 Å². The van der Waals surface area contributed by atoms with Crippen LogP contribution in [0.15, 0.2) is 70.6 Å². The van der Waals surface area contributed by atoms with Crippen molar-refractivity contribution in [2.75, 3.05) is 19.8 Å². The lowest BCUT2D eigenvalue weighted by molar-refractivity contribution is 0.214. The predicted octanol–water partition coefficient (Wildman–Crippen LogP) is 11.2. The predicted molar refractivity (Wildman–Crippen MR) is 198 cm³/mol. The van der Waals surface area contributed by atoms with Crippen LogP contribution in [0.1, 0.15) is 96.0 Å². The van der Waals surface area contributed by atoms with Gasteiger partial charge in [0, 0.05) is 30.3 Å². The van der Waals surface area contributed by atoms with Gasteiger partial charge in [-0.25, -0.2) is 18.8 Å². The van der Waals surface area contributed by atoms with Crippen LogP contribution >= 0.6 is 11.6 Å². The van der Waals surface area contributed by atoms with E-state index in [-0.39, 0.29) is 11.8 Å². The second-order valence-electron chi connectivity index (χ2n) is 13.8. The summed E-state index contributed by atoms with van der Waals surface area (Å²) in [5.74, 6) is 0.612. The van der Waals surface area contributed by atoms with Gasteiger partial charge in [-0.05, 0) is 104 Å². The zero-order valence-corrected chi connectivity index (χ0v) is 30.4. The molecule has 0 unspecified atom stereocenters. The molecule has 0 N–H and O–H groups in total. The summed E-state index contributed by atoms with van der Waals surface area (Å²) < 4.78 is 29.5. The molecule has 0 aromatic heterocycles. The summed E-state index contributed by atoms with van der Waals surface area (Å²) in [6.07, 6.45) is 0.795. The minimum Gasteiger partial charge on any atom is -0.338 e. The summed E-state index contributed by atoms with van der Waals surface area (Å²) in [6, 6.07) is 18.4. The maximum atomic E-state index is 14.7. The molecular weight excluding hydrogens is 622 g/mol. The van der Waals surface area contributed by atoms with Crippen LogP contribution < -0.4 is 0 Å². The van der Waals surface area contributed by atoms with Crippen molar-refractivity contribution >= 4 is 34.6 Å². The first-order valence-electron chi connectivity index (χ1n) is 16.8. The molecule has 0 amide bonds. The maximum absolute atomic E-state index is 14.7. The second-order valence-corrected chi connectivity index (χ2v) is 14.2. The zero-order chi connectivity index (χ0) is 34.9. The Labute approximate surface area is 290 Å². The lowest BCUT2D eigenvalue weighted by Crippen LogP contribution is -2.50. The Kier molecular flexibility index (Phi) is 10.7. The number of hydrogen-bond acceptors (Lipinski definition) is 2. The van der Waals surface area contributed by atoms with Crippen LogP contribution in [0.3, 0.4) is 0 Å². The third kappa shape index (κ3) is 7.65. The number of aryl methyl sites for hydroxylation is 5. The fourth-order valence-corrected chi connectivity index (χ4v) is 7.23. The Bertz CT molecular complexity index is 1800. The molecule has 4 aromatic carbocycles. The molecule has 4 nitrogen and oxygen atoms in total. The summed E-state index contributed by atoms with van der Waals surface area (Å²) in [5, 5.41) is 0.496. The molecule has 1 heterocycles. The normalized spacial score (nSPS) is 14.5. The molecule has 0 spiro atoms. The molecule has 0 bridgehead atoms. The molecule has 0 atom stereocenters. The van der Waals surface area contributed by atoms with Gasteiger partial charge in [0.05, 0.1) is 23.1 Å². The highest BCUT2D eigenvalue weighted by Gasteiger charge is 2.28. The number of halogens is 3. The summed E-state index contributed by atoms with van der Waals surface area (Å²) in [7, 11) is 0. The smallest absolute Gasteiger partial charge is 0.138 e. The van der Waals surface area contributed by atoms with Gasteiger partial charge in [0.2, 0.25) is 0 Å². The van der Waals surface area contributed by atoms with E-state index in [0.717, 1.165) is 58.4 Å². The van der Waals surface area contributed by atoms with Gasteiger partial charge < -0.3 is 9.80 Å². The van der Waals surface area contributed by atoms with Crippen molar-refractivity contribution in [3.05, 3.63) is 127 Å². The Morgan fingerprint density at radius 2 is 1.17 bits per heavy atom. The van der Waals surface area contributed by atoms with Gasteiger partial charge >= 0.3 is 0 Å². The minimum atomic E-state index is -0.655. The first-order chi connectivity index (χ1) is 22.7. The number of hydrogen-bond donors (Lipinski definition) is 0. The van der Waals surface area contributed by atoms with Gasteiger partial charge in [-0.3, -0.25) is 0 Å². The number of benzene rings is 4. The number of nitrogens with zero attached hydrogens (tertiary/aromatic N) is 4. The van der Waals surface area contributed by atoms with Crippen LogP contribution in [0.25, 0.3) is 0 Å². The lowest BCUT2D eigenvalue weighted by atomic mass is 9.92. The molecule has 252 valence electrons. The Balaban J connectivity index is 1.72. The molecule has 5 rings (SSSR count). The van der Waals surface area contributed by atoms with E-state index in [2.05, 4.69) is 88.6 Å². The van der Waals surface area contributed by atoms with E-state index in [9.17, 15) is 8.78 Å². The Morgan fingerprint density at radius 1 is 0.667 bits per heavy atom. The van der Waals surface area contributed by atoms with E-state index in [4.69, 9.17) is 21.6 Å². The first-order valence-corrected chi connectivity index (χ1v) is 17.2. The molecule has 48 heavy (non-hydrogen) atoms. The molecule has 0 aliphatic carbocycles. The maximum Gasteiger partial charge on any atom is 0.138 e. The number of aliphatic imine (C=N–C) groups is 2. The standard InChI is InChI=1S/C41H47ClF2N4/c1-24(2)34-12-10-13-35(25(3)4)39(34)46-41(37-28(7)16-26(5)17-29(37)8)48-15-11-14-47(23-48)40(31-20-32(43)22-33(44)21-31)45-38-30(9)18-27(6)19-36(38)42/h10,12-13,16-22,24-25H,11,14-15,23H2,1-9H3. The van der Waals surface area contributed by atoms with E-state index < -0.39 is 11.6 Å². The molecule has 4 aromatic rings. The Morgan fingerprint density at radius 3 is 1.71 bits per heavy atom. The summed E-state index contributed by atoms with van der Waals surface area (Å²) in [6.45, 7) is 21.0. The van der Waals surface area contributed by atoms with Gasteiger partial charge in [-0.1, -0.05) is 81.3 Å². The fraction of sp³-hybridized carbons (Fsp3) is 0.366. The molecule has 1 aliphatic rings. The first kappa shape index (κ1) is 35.3. The molecule has 1 fully saturated rings. The molecular formula is C41H47ClF2N4. The van der Waals surface area contributed by atoms with Crippen molar-refractivity contribution in [2.24, 2.45) is 9.98 Å². The van der Waals surface area contributed by atoms with Crippen LogP contribution in [0.4, 0.5) is 20.2 Å². The van der Waals surface area contributed by atoms with Crippen molar-refractivity contribution in [1.82, 2.24) is 9.80 Å². The number of rotatable bonds is 6.